The molecule has 0 fully saturated rings. The van der Waals surface area contributed by atoms with E-state index in [9.17, 15) is 4.39 Å². The topological polar surface area (TPSA) is 26.0 Å². The Kier molecular flexibility index (Phi) is 5.09. The molecule has 1 aromatic rings. The summed E-state index contributed by atoms with van der Waals surface area (Å²) in [6.45, 7) is 5.84. The third kappa shape index (κ3) is 2.69. The van der Waals surface area contributed by atoms with Gasteiger partial charge in [0.25, 0.3) is 0 Å². The van der Waals surface area contributed by atoms with Gasteiger partial charge in [-0.2, -0.15) is 0 Å². The first-order valence-corrected chi connectivity index (χ1v) is 4.54. The average Bonchev–Trinajstić information content (AvgIpc) is 2.08. The quantitative estimate of drug-likeness (QED) is 0.809. The van der Waals surface area contributed by atoms with Gasteiger partial charge in [0, 0.05) is 6.04 Å². The molecule has 0 aliphatic carbocycles. The Hall–Kier alpha value is -0.600. The van der Waals surface area contributed by atoms with Gasteiger partial charge >= 0.3 is 0 Å². The predicted molar refractivity (Wildman–Crippen MR) is 60.2 cm³/mol. The number of hydrogen-bond acceptors (Lipinski definition) is 1. The van der Waals surface area contributed by atoms with Crippen LogP contribution in [0.25, 0.3) is 0 Å². The molecule has 0 aromatic heterocycles. The lowest BCUT2D eigenvalue weighted by Gasteiger charge is -2.18. The van der Waals surface area contributed by atoms with Crippen molar-refractivity contribution in [3.63, 3.8) is 0 Å². The van der Waals surface area contributed by atoms with Crippen molar-refractivity contribution in [3.05, 3.63) is 35.1 Å². The minimum atomic E-state index is -0.173. The van der Waals surface area contributed by atoms with Crippen LogP contribution in [0.3, 0.4) is 0 Å². The van der Waals surface area contributed by atoms with Crippen LogP contribution in [0.2, 0.25) is 0 Å². The zero-order valence-corrected chi connectivity index (χ0v) is 9.57. The lowest BCUT2D eigenvalue weighted by atomic mass is 9.93. The number of halogens is 2. The molecular weight excluding hydrogens is 201 g/mol. The highest BCUT2D eigenvalue weighted by Crippen LogP contribution is 2.23. The van der Waals surface area contributed by atoms with Crippen molar-refractivity contribution in [2.24, 2.45) is 11.7 Å². The van der Waals surface area contributed by atoms with Crippen molar-refractivity contribution in [1.29, 1.82) is 0 Å². The summed E-state index contributed by atoms with van der Waals surface area (Å²) >= 11 is 0. The minimum absolute atomic E-state index is 0. The molecule has 0 amide bonds. The van der Waals surface area contributed by atoms with E-state index in [1.165, 1.54) is 6.07 Å². The summed E-state index contributed by atoms with van der Waals surface area (Å²) < 4.78 is 13.1. The fraction of sp³-hybridized carbons (Fsp3) is 0.455. The van der Waals surface area contributed by atoms with Crippen LogP contribution in [0, 0.1) is 18.7 Å². The van der Waals surface area contributed by atoms with Crippen molar-refractivity contribution in [1.82, 2.24) is 0 Å². The Morgan fingerprint density at radius 2 is 1.86 bits per heavy atom. The van der Waals surface area contributed by atoms with Gasteiger partial charge in [-0.25, -0.2) is 4.39 Å². The Balaban J connectivity index is 0.00000169. The predicted octanol–water partition coefficient (Wildman–Crippen LogP) is 3.21. The molecule has 0 bridgehead atoms. The van der Waals surface area contributed by atoms with E-state index in [1.807, 2.05) is 19.9 Å². The zero-order chi connectivity index (χ0) is 10.0. The highest BCUT2D eigenvalue weighted by Gasteiger charge is 2.14. The van der Waals surface area contributed by atoms with E-state index in [4.69, 9.17) is 5.73 Å². The zero-order valence-electron chi connectivity index (χ0n) is 8.75. The first-order chi connectivity index (χ1) is 6.04. The molecule has 3 heteroatoms. The second kappa shape index (κ2) is 5.32. The third-order valence-corrected chi connectivity index (χ3v) is 2.39. The smallest absolute Gasteiger partial charge is 0.126 e. The molecule has 14 heavy (non-hydrogen) atoms. The number of benzene rings is 1. The fourth-order valence-electron chi connectivity index (χ4n) is 1.34. The largest absolute Gasteiger partial charge is 0.324 e. The van der Waals surface area contributed by atoms with Gasteiger partial charge in [-0.3, -0.25) is 0 Å². The first kappa shape index (κ1) is 13.4. The van der Waals surface area contributed by atoms with Crippen molar-refractivity contribution in [2.45, 2.75) is 26.8 Å². The van der Waals surface area contributed by atoms with Gasteiger partial charge in [-0.05, 0) is 30.0 Å². The molecule has 1 aromatic carbocycles. The summed E-state index contributed by atoms with van der Waals surface area (Å²) in [5.74, 6) is 0.161. The standard InChI is InChI=1S/C11H16FN.ClH/c1-7(2)11(13)9-5-4-6-10(12)8(9)3;/h4-7,11H,13H2,1-3H3;1H. The van der Waals surface area contributed by atoms with Gasteiger partial charge < -0.3 is 5.73 Å². The molecular formula is C11H17ClFN. The summed E-state index contributed by atoms with van der Waals surface area (Å²) in [6.07, 6.45) is 0. The second-order valence-corrected chi connectivity index (χ2v) is 3.72. The van der Waals surface area contributed by atoms with E-state index < -0.39 is 0 Å². The summed E-state index contributed by atoms with van der Waals surface area (Å²) in [6, 6.07) is 4.99. The second-order valence-electron chi connectivity index (χ2n) is 3.72. The van der Waals surface area contributed by atoms with E-state index in [0.29, 0.717) is 11.5 Å². The monoisotopic (exact) mass is 217 g/mol. The Labute approximate surface area is 90.9 Å². The maximum Gasteiger partial charge on any atom is 0.126 e. The average molecular weight is 218 g/mol. The molecule has 1 unspecified atom stereocenters. The highest BCUT2D eigenvalue weighted by molar-refractivity contribution is 5.85. The molecule has 0 radical (unpaired) electrons. The minimum Gasteiger partial charge on any atom is -0.324 e. The van der Waals surface area contributed by atoms with Crippen LogP contribution in [0.4, 0.5) is 4.39 Å². The molecule has 1 atom stereocenters. The molecule has 1 rings (SSSR count). The molecule has 0 saturated heterocycles. The lowest BCUT2D eigenvalue weighted by molar-refractivity contribution is 0.506. The van der Waals surface area contributed by atoms with Crippen molar-refractivity contribution in [3.8, 4) is 0 Å². The molecule has 2 N–H and O–H groups in total. The number of rotatable bonds is 2. The normalized spacial score (nSPS) is 12.4. The van der Waals surface area contributed by atoms with Crippen LogP contribution < -0.4 is 5.73 Å². The molecule has 0 saturated carbocycles. The molecule has 0 aliphatic heterocycles. The summed E-state index contributed by atoms with van der Waals surface area (Å²) in [5.41, 5.74) is 7.52. The van der Waals surface area contributed by atoms with Gasteiger partial charge in [0.2, 0.25) is 0 Å². The van der Waals surface area contributed by atoms with E-state index in [-0.39, 0.29) is 24.3 Å². The highest BCUT2D eigenvalue weighted by atomic mass is 35.5. The Morgan fingerprint density at radius 1 is 1.29 bits per heavy atom. The summed E-state index contributed by atoms with van der Waals surface area (Å²) in [4.78, 5) is 0. The SMILES string of the molecule is Cc1c(F)cccc1C(N)C(C)C.Cl. The van der Waals surface area contributed by atoms with Gasteiger partial charge in [0.1, 0.15) is 5.82 Å². The Bertz CT molecular complexity index is 299. The van der Waals surface area contributed by atoms with Gasteiger partial charge in [0.15, 0.2) is 0 Å². The van der Waals surface area contributed by atoms with E-state index in [1.54, 1.807) is 13.0 Å². The third-order valence-electron chi connectivity index (χ3n) is 2.39. The fourth-order valence-corrected chi connectivity index (χ4v) is 1.34. The van der Waals surface area contributed by atoms with Crippen molar-refractivity contribution < 1.29 is 4.39 Å². The van der Waals surface area contributed by atoms with Crippen LogP contribution in [-0.4, -0.2) is 0 Å². The summed E-state index contributed by atoms with van der Waals surface area (Å²) in [5, 5.41) is 0. The van der Waals surface area contributed by atoms with Crippen molar-refractivity contribution >= 4 is 12.4 Å². The van der Waals surface area contributed by atoms with Crippen LogP contribution in [-0.2, 0) is 0 Å². The molecule has 0 aliphatic rings. The van der Waals surface area contributed by atoms with Crippen LogP contribution in [0.15, 0.2) is 18.2 Å². The van der Waals surface area contributed by atoms with Crippen LogP contribution in [0.5, 0.6) is 0 Å². The van der Waals surface area contributed by atoms with Crippen LogP contribution >= 0.6 is 12.4 Å². The lowest BCUT2D eigenvalue weighted by Crippen LogP contribution is -2.18. The Morgan fingerprint density at radius 3 is 2.36 bits per heavy atom. The maximum absolute atomic E-state index is 13.1. The summed E-state index contributed by atoms with van der Waals surface area (Å²) in [7, 11) is 0. The van der Waals surface area contributed by atoms with E-state index in [0.717, 1.165) is 5.56 Å². The van der Waals surface area contributed by atoms with Gasteiger partial charge in [-0.15, -0.1) is 12.4 Å². The van der Waals surface area contributed by atoms with Crippen LogP contribution in [0.1, 0.15) is 31.0 Å². The number of nitrogens with two attached hydrogens (primary N) is 1. The first-order valence-electron chi connectivity index (χ1n) is 4.54. The van der Waals surface area contributed by atoms with Gasteiger partial charge in [0.05, 0.1) is 0 Å². The van der Waals surface area contributed by atoms with Gasteiger partial charge in [-0.1, -0.05) is 26.0 Å². The molecule has 1 nitrogen and oxygen atoms in total. The molecule has 0 spiro atoms. The molecule has 80 valence electrons. The van der Waals surface area contributed by atoms with Crippen molar-refractivity contribution in [2.75, 3.05) is 0 Å². The molecule has 0 heterocycles. The van der Waals surface area contributed by atoms with E-state index >= 15 is 0 Å². The van der Waals surface area contributed by atoms with E-state index in [2.05, 4.69) is 0 Å². The number of hydrogen-bond donors (Lipinski definition) is 1. The maximum atomic E-state index is 13.1.